The van der Waals surface area contributed by atoms with Crippen molar-refractivity contribution in [2.24, 2.45) is 5.73 Å². The molecule has 2 aromatic heterocycles. The van der Waals surface area contributed by atoms with E-state index >= 15 is 0 Å². The number of nitrogens with two attached hydrogens (primary N) is 1. The van der Waals surface area contributed by atoms with Crippen molar-refractivity contribution in [3.63, 3.8) is 0 Å². The Labute approximate surface area is 187 Å². The smallest absolute Gasteiger partial charge is 0.347 e. The van der Waals surface area contributed by atoms with Crippen LogP contribution in [0.25, 0.3) is 0 Å². The normalized spacial score (nSPS) is 11.1. The zero-order valence-corrected chi connectivity index (χ0v) is 17.4. The third-order valence-electron chi connectivity index (χ3n) is 4.83. The number of pyridine rings is 1. The monoisotopic (exact) mass is 454 g/mol. The number of carbonyl (C=O) groups excluding carboxylic acids is 1. The van der Waals surface area contributed by atoms with Gasteiger partial charge in [0, 0.05) is 12.1 Å². The highest BCUT2D eigenvalue weighted by Gasteiger charge is 2.39. The SMILES string of the molecule is N#Cc1c(CCc2ccccc2)nc(NCC(F)(F)c2cccc[n+]2[O-])c(=O)n1CC(N)=O. The molecule has 1 amide bonds. The average molecular weight is 454 g/mol. The summed E-state index contributed by atoms with van der Waals surface area (Å²) in [4.78, 5) is 28.4. The first-order valence-electron chi connectivity index (χ1n) is 9.89. The number of benzene rings is 1. The molecule has 0 unspecified atom stereocenters. The number of halogens is 2. The van der Waals surface area contributed by atoms with Gasteiger partial charge in [0.1, 0.15) is 18.3 Å². The summed E-state index contributed by atoms with van der Waals surface area (Å²) in [7, 11) is 0. The number of primary amides is 1. The first kappa shape index (κ1) is 23.3. The minimum absolute atomic E-state index is 0.0323. The van der Waals surface area contributed by atoms with Crippen molar-refractivity contribution >= 4 is 11.7 Å². The van der Waals surface area contributed by atoms with Crippen LogP contribution >= 0.6 is 0 Å². The van der Waals surface area contributed by atoms with Crippen LogP contribution in [-0.4, -0.2) is 22.0 Å². The molecule has 0 aliphatic heterocycles. The van der Waals surface area contributed by atoms with Crippen LogP contribution in [-0.2, 0) is 30.1 Å². The molecule has 170 valence electrons. The Morgan fingerprint density at radius 3 is 2.55 bits per heavy atom. The van der Waals surface area contributed by atoms with Gasteiger partial charge in [-0.05, 0) is 24.5 Å². The minimum atomic E-state index is -3.64. The molecule has 0 fully saturated rings. The summed E-state index contributed by atoms with van der Waals surface area (Å²) in [5.74, 6) is -5.00. The predicted octanol–water partition coefficient (Wildman–Crippen LogP) is 1.22. The maximum Gasteiger partial charge on any atom is 0.347 e. The molecule has 3 rings (SSSR count). The number of rotatable bonds is 9. The lowest BCUT2D eigenvalue weighted by Gasteiger charge is -2.18. The molecule has 0 bridgehead atoms. The fourth-order valence-electron chi connectivity index (χ4n) is 3.25. The second-order valence-corrected chi connectivity index (χ2v) is 7.18. The molecule has 3 N–H and O–H groups in total. The molecule has 11 heteroatoms. The Morgan fingerprint density at radius 2 is 1.91 bits per heavy atom. The zero-order chi connectivity index (χ0) is 24.0. The van der Waals surface area contributed by atoms with Gasteiger partial charge in [-0.15, -0.1) is 0 Å². The zero-order valence-electron chi connectivity index (χ0n) is 17.4. The van der Waals surface area contributed by atoms with Crippen molar-refractivity contribution in [1.29, 1.82) is 5.26 Å². The van der Waals surface area contributed by atoms with E-state index in [1.54, 1.807) is 0 Å². The minimum Gasteiger partial charge on any atom is -0.618 e. The molecule has 0 aliphatic carbocycles. The second-order valence-electron chi connectivity index (χ2n) is 7.18. The topological polar surface area (TPSA) is 141 Å². The van der Waals surface area contributed by atoms with Crippen LogP contribution in [0.2, 0.25) is 0 Å². The van der Waals surface area contributed by atoms with Crippen LogP contribution in [0.3, 0.4) is 0 Å². The van der Waals surface area contributed by atoms with Crippen LogP contribution in [0.15, 0.2) is 59.5 Å². The van der Waals surface area contributed by atoms with Crippen molar-refractivity contribution in [1.82, 2.24) is 9.55 Å². The summed E-state index contributed by atoms with van der Waals surface area (Å²) in [5.41, 5.74) is 4.35. The molecule has 1 aromatic carbocycles. The lowest BCUT2D eigenvalue weighted by atomic mass is 10.1. The number of hydrogen-bond acceptors (Lipinski definition) is 6. The summed E-state index contributed by atoms with van der Waals surface area (Å²) < 4.78 is 30.1. The Bertz CT molecular complexity index is 1260. The Balaban J connectivity index is 1.96. The van der Waals surface area contributed by atoms with E-state index in [9.17, 15) is 28.8 Å². The number of carbonyl (C=O) groups is 1. The molecule has 0 spiro atoms. The first-order valence-corrected chi connectivity index (χ1v) is 9.89. The van der Waals surface area contributed by atoms with Crippen LogP contribution in [0, 0.1) is 16.5 Å². The van der Waals surface area contributed by atoms with E-state index in [2.05, 4.69) is 10.3 Å². The van der Waals surface area contributed by atoms with E-state index in [0.717, 1.165) is 22.4 Å². The van der Waals surface area contributed by atoms with Crippen molar-refractivity contribution in [3.05, 3.63) is 92.9 Å². The highest BCUT2D eigenvalue weighted by molar-refractivity contribution is 5.73. The van der Waals surface area contributed by atoms with Crippen molar-refractivity contribution in [2.45, 2.75) is 25.3 Å². The number of anilines is 1. The largest absolute Gasteiger partial charge is 0.618 e. The summed E-state index contributed by atoms with van der Waals surface area (Å²) in [6, 6.07) is 14.7. The van der Waals surface area contributed by atoms with Crippen molar-refractivity contribution in [3.8, 4) is 6.07 Å². The number of nitrogens with one attached hydrogen (secondary N) is 1. The van der Waals surface area contributed by atoms with E-state index in [-0.39, 0.29) is 22.5 Å². The number of amides is 1. The molecule has 0 radical (unpaired) electrons. The number of hydrogen-bond donors (Lipinski definition) is 2. The molecule has 2 heterocycles. The summed E-state index contributed by atoms with van der Waals surface area (Å²) >= 11 is 0. The van der Waals surface area contributed by atoms with Crippen LogP contribution in [0.1, 0.15) is 22.6 Å². The maximum atomic E-state index is 14.6. The van der Waals surface area contributed by atoms with Gasteiger partial charge in [-0.1, -0.05) is 30.3 Å². The Morgan fingerprint density at radius 1 is 1.21 bits per heavy atom. The van der Waals surface area contributed by atoms with Gasteiger partial charge >= 0.3 is 5.92 Å². The van der Waals surface area contributed by atoms with E-state index in [0.29, 0.717) is 6.42 Å². The van der Waals surface area contributed by atoms with Gasteiger partial charge in [0.2, 0.25) is 5.91 Å². The highest BCUT2D eigenvalue weighted by Crippen LogP contribution is 2.25. The van der Waals surface area contributed by atoms with Gasteiger partial charge in [-0.2, -0.15) is 18.8 Å². The van der Waals surface area contributed by atoms with Crippen LogP contribution in [0.4, 0.5) is 14.6 Å². The number of alkyl halides is 2. The van der Waals surface area contributed by atoms with Gasteiger partial charge in [0.15, 0.2) is 12.0 Å². The predicted molar refractivity (Wildman–Crippen MR) is 114 cm³/mol. The molecule has 33 heavy (non-hydrogen) atoms. The van der Waals surface area contributed by atoms with Gasteiger partial charge in [0.25, 0.3) is 11.3 Å². The Hall–Kier alpha value is -4.33. The number of nitrogens with zero attached hydrogens (tertiary/aromatic N) is 4. The molecular weight excluding hydrogens is 434 g/mol. The van der Waals surface area contributed by atoms with Crippen LogP contribution in [0.5, 0.6) is 0 Å². The van der Waals surface area contributed by atoms with Gasteiger partial charge in [-0.25, -0.2) is 4.98 Å². The highest BCUT2D eigenvalue weighted by atomic mass is 19.3. The first-order chi connectivity index (χ1) is 15.7. The summed E-state index contributed by atoms with van der Waals surface area (Å²) in [6.45, 7) is -1.73. The number of nitriles is 1. The van der Waals surface area contributed by atoms with E-state index in [1.165, 1.54) is 12.1 Å². The molecule has 0 atom stereocenters. The fourth-order valence-corrected chi connectivity index (χ4v) is 3.25. The van der Waals surface area contributed by atoms with Crippen LogP contribution < -0.4 is 21.3 Å². The molecule has 0 aliphatic rings. The van der Waals surface area contributed by atoms with Crippen molar-refractivity contribution < 1.29 is 18.3 Å². The van der Waals surface area contributed by atoms with Gasteiger partial charge in [-0.3, -0.25) is 14.2 Å². The molecule has 3 aromatic rings. The van der Waals surface area contributed by atoms with E-state index in [4.69, 9.17) is 5.73 Å². The van der Waals surface area contributed by atoms with Gasteiger partial charge < -0.3 is 16.3 Å². The lowest BCUT2D eigenvalue weighted by molar-refractivity contribution is -0.624. The van der Waals surface area contributed by atoms with Crippen molar-refractivity contribution in [2.75, 3.05) is 11.9 Å². The maximum absolute atomic E-state index is 14.6. The quantitative estimate of drug-likeness (QED) is 0.368. The number of aromatic nitrogens is 3. The standard InChI is InChI=1S/C22H20F2N6O3/c23-22(24,18-8-4-5-11-30(18)33)14-27-20-21(32)29(13-19(26)31)17(12-25)16(28-20)10-9-15-6-2-1-3-7-15/h1-8,11H,9-10,13-14H2,(H2,26,31)(H,27,28). The lowest BCUT2D eigenvalue weighted by Crippen LogP contribution is -2.42. The fraction of sp³-hybridized carbons (Fsp3) is 0.227. The molecule has 9 nitrogen and oxygen atoms in total. The Kier molecular flexibility index (Phi) is 6.97. The molecule has 0 saturated carbocycles. The summed E-state index contributed by atoms with van der Waals surface area (Å²) in [6.07, 6.45) is 1.59. The third kappa shape index (κ3) is 5.48. The van der Waals surface area contributed by atoms with Gasteiger partial charge in [0.05, 0.1) is 12.2 Å². The summed E-state index contributed by atoms with van der Waals surface area (Å²) in [5, 5.41) is 23.6. The van der Waals surface area contributed by atoms with E-state index < -0.39 is 42.0 Å². The molecule has 0 saturated heterocycles. The number of aryl methyl sites for hydroxylation is 2. The van der Waals surface area contributed by atoms with E-state index in [1.807, 2.05) is 36.4 Å². The third-order valence-corrected chi connectivity index (χ3v) is 4.83. The second kappa shape index (κ2) is 9.86. The molecular formula is C22H20F2N6O3. The average Bonchev–Trinajstić information content (AvgIpc) is 2.79.